The van der Waals surface area contributed by atoms with Crippen LogP contribution in [0.25, 0.3) is 33.4 Å². The topological polar surface area (TPSA) is 89.3 Å². The van der Waals surface area contributed by atoms with Crippen LogP contribution in [0, 0.1) is 5.41 Å². The molecule has 0 radical (unpaired) electrons. The predicted octanol–water partition coefficient (Wildman–Crippen LogP) is 5.58. The number of fused-ring (bicyclic) bond motifs is 2. The molecule has 1 aliphatic heterocycles. The number of methoxy groups -OCH3 is 1. The molecule has 4 rings (SSSR count). The molecule has 0 fully saturated rings. The summed E-state index contributed by atoms with van der Waals surface area (Å²) in [7, 11) is 1.35. The maximum atomic E-state index is 12.5. The molecule has 1 aliphatic carbocycles. The number of esters is 1. The average molecular weight is 502 g/mol. The largest absolute Gasteiger partial charge is 0.465 e. The standard InChI is InChI=1S/C21H14Br2N2O3/c1-27-21(26)14-6-7-15(22)20(23)19(14)18-12-4-2-10(24)8-16(12)28-17-9-11(25)3-5-13(17)18/h2-9,24H,25H2,1H3. The van der Waals surface area contributed by atoms with Crippen LogP contribution in [0.2, 0.25) is 0 Å². The monoisotopic (exact) mass is 500 g/mol. The molecule has 0 amide bonds. The van der Waals surface area contributed by atoms with Crippen LogP contribution in [0.1, 0.15) is 10.4 Å². The lowest BCUT2D eigenvalue weighted by molar-refractivity contribution is 0.0601. The van der Waals surface area contributed by atoms with Crippen LogP contribution in [0.15, 0.2) is 61.9 Å². The Hall–Kier alpha value is -2.64. The van der Waals surface area contributed by atoms with Gasteiger partial charge >= 0.3 is 5.97 Å². The fraction of sp³-hybridized carbons (Fsp3) is 0.0476. The predicted molar refractivity (Wildman–Crippen MR) is 115 cm³/mol. The van der Waals surface area contributed by atoms with Crippen molar-refractivity contribution in [3.63, 3.8) is 0 Å². The third kappa shape index (κ3) is 3.00. The lowest BCUT2D eigenvalue weighted by Gasteiger charge is -2.19. The molecular weight excluding hydrogens is 488 g/mol. The van der Waals surface area contributed by atoms with E-state index in [-0.39, 0.29) is 0 Å². The lowest BCUT2D eigenvalue weighted by Crippen LogP contribution is -2.06. The molecule has 1 heterocycles. The van der Waals surface area contributed by atoms with Crippen molar-refractivity contribution in [1.29, 1.82) is 5.41 Å². The number of anilines is 1. The van der Waals surface area contributed by atoms with E-state index in [4.69, 9.17) is 20.3 Å². The Morgan fingerprint density at radius 3 is 2.61 bits per heavy atom. The van der Waals surface area contributed by atoms with E-state index in [1.165, 1.54) is 7.11 Å². The number of carbonyl (C=O) groups is 1. The summed E-state index contributed by atoms with van der Waals surface area (Å²) in [5.41, 5.74) is 9.74. The van der Waals surface area contributed by atoms with Crippen LogP contribution in [0.4, 0.5) is 5.69 Å². The van der Waals surface area contributed by atoms with Gasteiger partial charge < -0.3 is 20.3 Å². The number of hydrogen-bond acceptors (Lipinski definition) is 5. The van der Waals surface area contributed by atoms with Crippen molar-refractivity contribution in [2.45, 2.75) is 0 Å². The molecule has 3 N–H and O–H groups in total. The van der Waals surface area contributed by atoms with Gasteiger partial charge in [0.15, 0.2) is 0 Å². The summed E-state index contributed by atoms with van der Waals surface area (Å²) in [6, 6.07) is 14.0. The van der Waals surface area contributed by atoms with E-state index in [9.17, 15) is 4.79 Å². The molecule has 0 bridgehead atoms. The molecule has 0 atom stereocenters. The van der Waals surface area contributed by atoms with Gasteiger partial charge in [0.2, 0.25) is 0 Å². The highest BCUT2D eigenvalue weighted by Crippen LogP contribution is 2.46. The highest BCUT2D eigenvalue weighted by Gasteiger charge is 2.25. The smallest absolute Gasteiger partial charge is 0.338 e. The minimum absolute atomic E-state index is 0.326. The van der Waals surface area contributed by atoms with E-state index in [0.29, 0.717) is 33.5 Å². The molecule has 5 nitrogen and oxygen atoms in total. The van der Waals surface area contributed by atoms with E-state index in [2.05, 4.69) is 31.9 Å². The normalized spacial score (nSPS) is 11.1. The minimum atomic E-state index is -0.446. The highest BCUT2D eigenvalue weighted by molar-refractivity contribution is 9.13. The fourth-order valence-electron chi connectivity index (χ4n) is 3.25. The zero-order valence-corrected chi connectivity index (χ0v) is 17.8. The van der Waals surface area contributed by atoms with Crippen LogP contribution < -0.4 is 11.1 Å². The van der Waals surface area contributed by atoms with Gasteiger partial charge in [0, 0.05) is 48.8 Å². The molecule has 2 aliphatic rings. The third-order valence-electron chi connectivity index (χ3n) is 4.50. The Balaban J connectivity index is 2.25. The number of rotatable bonds is 2. The number of carbonyl (C=O) groups excluding carboxylic acids is 1. The van der Waals surface area contributed by atoms with E-state index >= 15 is 0 Å². The van der Waals surface area contributed by atoms with Gasteiger partial charge in [-0.05, 0) is 68.3 Å². The second-order valence-corrected chi connectivity index (χ2v) is 7.87. The molecule has 0 saturated carbocycles. The molecule has 2 aromatic carbocycles. The van der Waals surface area contributed by atoms with Gasteiger partial charge in [-0.2, -0.15) is 0 Å². The van der Waals surface area contributed by atoms with Crippen LogP contribution in [-0.2, 0) is 4.74 Å². The maximum Gasteiger partial charge on any atom is 0.338 e. The number of ether oxygens (including phenoxy) is 1. The SMILES string of the molecule is COC(=O)c1ccc(Br)c(Br)c1-c1c2ccc(=N)cc-2oc2cc(N)ccc12. The molecule has 7 heteroatoms. The van der Waals surface area contributed by atoms with Crippen molar-refractivity contribution in [2.24, 2.45) is 0 Å². The van der Waals surface area contributed by atoms with Crippen molar-refractivity contribution in [3.05, 3.63) is 68.4 Å². The number of nitrogen functional groups attached to an aromatic ring is 1. The van der Waals surface area contributed by atoms with E-state index in [1.807, 2.05) is 12.1 Å². The number of benzene rings is 3. The summed E-state index contributed by atoms with van der Waals surface area (Å²) in [6.07, 6.45) is 0. The second kappa shape index (κ2) is 7.07. The number of nitrogens with one attached hydrogen (secondary N) is 1. The molecular formula is C21H14Br2N2O3. The first-order valence-electron chi connectivity index (χ1n) is 8.28. The van der Waals surface area contributed by atoms with Gasteiger partial charge in [-0.3, -0.25) is 0 Å². The Kier molecular flexibility index (Phi) is 4.72. The zero-order chi connectivity index (χ0) is 20.0. The molecule has 28 heavy (non-hydrogen) atoms. The van der Waals surface area contributed by atoms with Crippen LogP contribution >= 0.6 is 31.9 Å². The quantitative estimate of drug-likeness (QED) is 0.213. The van der Waals surface area contributed by atoms with Gasteiger partial charge in [-0.15, -0.1) is 0 Å². The van der Waals surface area contributed by atoms with Crippen molar-refractivity contribution in [3.8, 4) is 22.5 Å². The first-order valence-corrected chi connectivity index (χ1v) is 9.86. The van der Waals surface area contributed by atoms with Gasteiger partial charge in [-0.25, -0.2) is 4.79 Å². The van der Waals surface area contributed by atoms with Crippen LogP contribution in [0.5, 0.6) is 0 Å². The van der Waals surface area contributed by atoms with E-state index < -0.39 is 5.97 Å². The second-order valence-electron chi connectivity index (χ2n) is 6.22. The van der Waals surface area contributed by atoms with Gasteiger partial charge in [-0.1, -0.05) is 0 Å². The first kappa shape index (κ1) is 18.7. The molecule has 0 unspecified atom stereocenters. The van der Waals surface area contributed by atoms with Gasteiger partial charge in [0.1, 0.15) is 11.3 Å². The first-order chi connectivity index (χ1) is 13.4. The van der Waals surface area contributed by atoms with E-state index in [0.717, 1.165) is 25.5 Å². The van der Waals surface area contributed by atoms with Crippen molar-refractivity contribution in [2.75, 3.05) is 12.8 Å². The zero-order valence-electron chi connectivity index (χ0n) is 14.7. The van der Waals surface area contributed by atoms with Crippen molar-refractivity contribution < 1.29 is 13.9 Å². The summed E-state index contributed by atoms with van der Waals surface area (Å²) >= 11 is 7.15. The molecule has 2 aromatic rings. The van der Waals surface area contributed by atoms with Gasteiger partial charge in [0.05, 0.1) is 18.0 Å². The maximum absolute atomic E-state index is 12.5. The van der Waals surface area contributed by atoms with Crippen molar-refractivity contribution >= 4 is 54.5 Å². The number of nitrogens with two attached hydrogens (primary N) is 1. The lowest BCUT2D eigenvalue weighted by atomic mass is 9.90. The summed E-state index contributed by atoms with van der Waals surface area (Å²) in [4.78, 5) is 12.5. The van der Waals surface area contributed by atoms with Crippen LogP contribution in [-0.4, -0.2) is 13.1 Å². The number of hydrogen-bond donors (Lipinski definition) is 2. The Labute approximate surface area is 177 Å². The summed E-state index contributed by atoms with van der Waals surface area (Å²) < 4.78 is 12.5. The number of halogens is 2. The molecule has 0 saturated heterocycles. The Bertz CT molecular complexity index is 1280. The third-order valence-corrected chi connectivity index (χ3v) is 6.51. The summed E-state index contributed by atoms with van der Waals surface area (Å²) in [5.74, 6) is 0.0844. The molecule has 140 valence electrons. The van der Waals surface area contributed by atoms with E-state index in [1.54, 1.807) is 36.4 Å². The Morgan fingerprint density at radius 1 is 1.07 bits per heavy atom. The van der Waals surface area contributed by atoms with Crippen molar-refractivity contribution in [1.82, 2.24) is 0 Å². The molecule has 0 spiro atoms. The summed E-state index contributed by atoms with van der Waals surface area (Å²) in [5, 5.41) is 9.06. The highest BCUT2D eigenvalue weighted by atomic mass is 79.9. The molecule has 0 aromatic heterocycles. The van der Waals surface area contributed by atoms with Crippen LogP contribution in [0.3, 0.4) is 0 Å². The Morgan fingerprint density at radius 2 is 1.86 bits per heavy atom. The van der Waals surface area contributed by atoms with Gasteiger partial charge in [0.25, 0.3) is 0 Å². The fourth-order valence-corrected chi connectivity index (χ4v) is 4.13. The summed E-state index contributed by atoms with van der Waals surface area (Å²) in [6.45, 7) is 0. The average Bonchev–Trinajstić information content (AvgIpc) is 2.67. The minimum Gasteiger partial charge on any atom is -0.465 e.